The average Bonchev–Trinajstić information content (AvgIpc) is 3.00. The van der Waals surface area contributed by atoms with Crippen molar-refractivity contribution in [1.82, 2.24) is 4.57 Å². The summed E-state index contributed by atoms with van der Waals surface area (Å²) in [5.41, 5.74) is 3.89. The number of hydrogen-bond donors (Lipinski definition) is 0. The van der Waals surface area contributed by atoms with Crippen molar-refractivity contribution in [2.45, 2.75) is 39.7 Å². The lowest BCUT2D eigenvalue weighted by molar-refractivity contribution is -0.704. The largest absolute Gasteiger partial charge is 0.294 e. The molecule has 0 amide bonds. The molecule has 0 atom stereocenters. The highest BCUT2D eigenvalue weighted by atomic mass is 15.2. The summed E-state index contributed by atoms with van der Waals surface area (Å²) in [6.45, 7) is 8.98. The van der Waals surface area contributed by atoms with Crippen LogP contribution < -0.4 is 4.57 Å². The minimum atomic E-state index is 0.412. The number of imidazole rings is 1. The van der Waals surface area contributed by atoms with E-state index in [-0.39, 0.29) is 0 Å². The fraction of sp³-hybridized carbons (Fsp3) is 0.286. The Labute approximate surface area is 139 Å². The molecular weight excluding hydrogens is 280 g/mol. The number of hydrogen-bond acceptors (Lipinski definition) is 0. The third-order valence-corrected chi connectivity index (χ3v) is 4.26. The molecule has 0 saturated carbocycles. The van der Waals surface area contributed by atoms with Crippen molar-refractivity contribution in [1.29, 1.82) is 0 Å². The van der Waals surface area contributed by atoms with Gasteiger partial charge in [-0.3, -0.25) is 0 Å². The van der Waals surface area contributed by atoms with Gasteiger partial charge in [-0.05, 0) is 43.5 Å². The van der Waals surface area contributed by atoms with Gasteiger partial charge in [0.2, 0.25) is 0 Å². The molecule has 0 unspecified atom stereocenters. The van der Waals surface area contributed by atoms with Gasteiger partial charge >= 0.3 is 0 Å². The van der Waals surface area contributed by atoms with Gasteiger partial charge in [0, 0.05) is 0 Å². The van der Waals surface area contributed by atoms with Crippen LogP contribution in [-0.2, 0) is 0 Å². The van der Waals surface area contributed by atoms with Crippen LogP contribution in [0.1, 0.15) is 45.2 Å². The van der Waals surface area contributed by atoms with Gasteiger partial charge < -0.3 is 0 Å². The van der Waals surface area contributed by atoms with Gasteiger partial charge in [-0.2, -0.15) is 4.57 Å². The second-order valence-corrected chi connectivity index (χ2v) is 6.57. The highest BCUT2D eigenvalue weighted by Gasteiger charge is 2.25. The van der Waals surface area contributed by atoms with Crippen LogP contribution in [0.15, 0.2) is 67.0 Å². The lowest BCUT2D eigenvalue weighted by Gasteiger charge is -2.13. The third kappa shape index (κ3) is 2.94. The molecular formula is C21H25N2+. The predicted octanol–water partition coefficient (Wildman–Crippen LogP) is 5.14. The summed E-state index contributed by atoms with van der Waals surface area (Å²) in [5.74, 6) is 1.74. The number of aromatic nitrogens is 2. The molecule has 0 bridgehead atoms. The zero-order valence-corrected chi connectivity index (χ0v) is 14.4. The molecule has 0 radical (unpaired) electrons. The Balaban J connectivity index is 2.28. The van der Waals surface area contributed by atoms with E-state index in [2.05, 4.69) is 104 Å². The maximum absolute atomic E-state index is 2.36. The molecule has 0 saturated heterocycles. The predicted molar refractivity (Wildman–Crippen MR) is 95.9 cm³/mol. The molecule has 23 heavy (non-hydrogen) atoms. The smallest absolute Gasteiger partial charge is 0.227 e. The summed E-state index contributed by atoms with van der Waals surface area (Å²) in [5, 5.41) is 0. The van der Waals surface area contributed by atoms with Crippen LogP contribution >= 0.6 is 0 Å². The molecule has 0 spiro atoms. The Morgan fingerprint density at radius 3 is 2.13 bits per heavy atom. The topological polar surface area (TPSA) is 8.81 Å². The summed E-state index contributed by atoms with van der Waals surface area (Å²) in [6.07, 6.45) is 4.35. The van der Waals surface area contributed by atoms with Crippen molar-refractivity contribution in [2.75, 3.05) is 0 Å². The van der Waals surface area contributed by atoms with Gasteiger partial charge in [-0.1, -0.05) is 50.2 Å². The summed E-state index contributed by atoms with van der Waals surface area (Å²) in [4.78, 5) is 0. The van der Waals surface area contributed by atoms with E-state index in [0.717, 1.165) is 0 Å². The van der Waals surface area contributed by atoms with Crippen LogP contribution in [0.4, 0.5) is 0 Å². The van der Waals surface area contributed by atoms with Crippen molar-refractivity contribution in [2.24, 2.45) is 0 Å². The van der Waals surface area contributed by atoms with Gasteiger partial charge in [0.1, 0.15) is 18.1 Å². The molecule has 118 valence electrons. The SMILES string of the molecule is CC(C)c1ccccc1-c1n(-c2ccccc2)cc[n+]1C(C)C. The van der Waals surface area contributed by atoms with E-state index in [1.165, 1.54) is 22.6 Å². The normalized spacial score (nSPS) is 11.4. The van der Waals surface area contributed by atoms with Crippen LogP contribution in [0.3, 0.4) is 0 Å². The summed E-state index contributed by atoms with van der Waals surface area (Å²) >= 11 is 0. The highest BCUT2D eigenvalue weighted by Crippen LogP contribution is 2.29. The molecule has 2 aromatic carbocycles. The quantitative estimate of drug-likeness (QED) is 0.590. The monoisotopic (exact) mass is 305 g/mol. The van der Waals surface area contributed by atoms with Crippen molar-refractivity contribution < 1.29 is 4.57 Å². The van der Waals surface area contributed by atoms with Crippen molar-refractivity contribution in [3.05, 3.63) is 72.6 Å². The van der Waals surface area contributed by atoms with Crippen LogP contribution in [0.25, 0.3) is 17.1 Å². The molecule has 0 aliphatic carbocycles. The number of para-hydroxylation sites is 1. The average molecular weight is 305 g/mol. The van der Waals surface area contributed by atoms with Crippen molar-refractivity contribution in [3.8, 4) is 17.1 Å². The second kappa shape index (κ2) is 6.41. The zero-order valence-electron chi connectivity index (χ0n) is 14.4. The van der Waals surface area contributed by atoms with Crippen LogP contribution in [-0.4, -0.2) is 4.57 Å². The van der Waals surface area contributed by atoms with Gasteiger partial charge in [-0.15, -0.1) is 0 Å². The zero-order chi connectivity index (χ0) is 16.4. The van der Waals surface area contributed by atoms with Gasteiger partial charge in [0.25, 0.3) is 5.82 Å². The Bertz CT molecular complexity index is 783. The molecule has 0 aliphatic rings. The molecule has 0 fully saturated rings. The molecule has 3 aromatic rings. The van der Waals surface area contributed by atoms with Crippen LogP contribution in [0.5, 0.6) is 0 Å². The van der Waals surface area contributed by atoms with E-state index in [9.17, 15) is 0 Å². The third-order valence-electron chi connectivity index (χ3n) is 4.26. The first-order valence-electron chi connectivity index (χ1n) is 8.36. The molecule has 2 nitrogen and oxygen atoms in total. The first-order chi connectivity index (χ1) is 11.1. The standard InChI is InChI=1S/C21H25N2/c1-16(2)19-12-8-9-13-20(19)21-22(17(3)4)14-15-23(21)18-10-6-5-7-11-18/h5-17H,1-4H3/q+1. The van der Waals surface area contributed by atoms with Crippen molar-refractivity contribution in [3.63, 3.8) is 0 Å². The molecule has 0 N–H and O–H groups in total. The number of benzene rings is 2. The highest BCUT2D eigenvalue weighted by molar-refractivity contribution is 5.61. The van der Waals surface area contributed by atoms with E-state index >= 15 is 0 Å². The Kier molecular flexibility index (Phi) is 4.33. The Morgan fingerprint density at radius 2 is 1.48 bits per heavy atom. The molecule has 1 heterocycles. The van der Waals surface area contributed by atoms with Crippen LogP contribution in [0, 0.1) is 0 Å². The maximum atomic E-state index is 2.36. The first-order valence-corrected chi connectivity index (χ1v) is 8.36. The number of nitrogens with zero attached hydrogens (tertiary/aromatic N) is 2. The van der Waals surface area contributed by atoms with E-state index in [1.54, 1.807) is 0 Å². The second-order valence-electron chi connectivity index (χ2n) is 6.57. The molecule has 3 rings (SSSR count). The van der Waals surface area contributed by atoms with Crippen LogP contribution in [0.2, 0.25) is 0 Å². The van der Waals surface area contributed by atoms with Gasteiger partial charge in [-0.25, -0.2) is 4.57 Å². The Hall–Kier alpha value is -2.35. The maximum Gasteiger partial charge on any atom is 0.294 e. The van der Waals surface area contributed by atoms with E-state index in [0.29, 0.717) is 12.0 Å². The number of rotatable bonds is 4. The summed E-state index contributed by atoms with van der Waals surface area (Å²) in [7, 11) is 0. The fourth-order valence-corrected chi connectivity index (χ4v) is 3.09. The lowest BCUT2D eigenvalue weighted by Crippen LogP contribution is -2.37. The molecule has 2 heteroatoms. The first kappa shape index (κ1) is 15.5. The summed E-state index contributed by atoms with van der Waals surface area (Å²) in [6, 6.07) is 19.7. The Morgan fingerprint density at radius 1 is 0.826 bits per heavy atom. The van der Waals surface area contributed by atoms with E-state index in [1.807, 2.05) is 0 Å². The molecule has 0 aliphatic heterocycles. The summed E-state index contributed by atoms with van der Waals surface area (Å²) < 4.78 is 4.65. The van der Waals surface area contributed by atoms with E-state index < -0.39 is 0 Å². The minimum absolute atomic E-state index is 0.412. The molecule has 1 aromatic heterocycles. The minimum Gasteiger partial charge on any atom is -0.227 e. The fourth-order valence-electron chi connectivity index (χ4n) is 3.09. The van der Waals surface area contributed by atoms with Crippen molar-refractivity contribution >= 4 is 0 Å². The van der Waals surface area contributed by atoms with Gasteiger partial charge in [0.05, 0.1) is 11.6 Å². The van der Waals surface area contributed by atoms with Gasteiger partial charge in [0.15, 0.2) is 0 Å². The van der Waals surface area contributed by atoms with E-state index in [4.69, 9.17) is 0 Å². The lowest BCUT2D eigenvalue weighted by atomic mass is 9.96.